The van der Waals surface area contributed by atoms with Gasteiger partial charge in [0.15, 0.2) is 0 Å². The molecule has 0 spiro atoms. The lowest BCUT2D eigenvalue weighted by Gasteiger charge is -2.13. The Kier molecular flexibility index (Phi) is 7.22. The van der Waals surface area contributed by atoms with Crippen molar-refractivity contribution in [1.82, 2.24) is 10.3 Å². The van der Waals surface area contributed by atoms with E-state index in [1.165, 1.54) is 12.1 Å². The van der Waals surface area contributed by atoms with E-state index < -0.39 is 11.5 Å². The van der Waals surface area contributed by atoms with Crippen molar-refractivity contribution in [3.8, 4) is 5.75 Å². The molecule has 0 fully saturated rings. The first-order valence-electron chi connectivity index (χ1n) is 10.3. The number of carbonyl (C=O) groups excluding carboxylic acids is 1. The fourth-order valence-electron chi connectivity index (χ4n) is 3.34. The van der Waals surface area contributed by atoms with E-state index in [4.69, 9.17) is 4.74 Å². The third-order valence-electron chi connectivity index (χ3n) is 5.00. The highest BCUT2D eigenvalue weighted by atomic mass is 19.1. The second-order valence-electron chi connectivity index (χ2n) is 7.38. The Labute approximate surface area is 175 Å². The molecule has 0 aliphatic carbocycles. The molecule has 3 rings (SSSR count). The highest BCUT2D eigenvalue weighted by Gasteiger charge is 2.15. The van der Waals surface area contributed by atoms with E-state index in [0.717, 1.165) is 35.8 Å². The first-order valence-corrected chi connectivity index (χ1v) is 10.3. The van der Waals surface area contributed by atoms with Crippen LogP contribution in [0.25, 0.3) is 10.9 Å². The van der Waals surface area contributed by atoms with Gasteiger partial charge in [-0.15, -0.1) is 0 Å². The molecular formula is C24H27FN2O3. The molecule has 0 radical (unpaired) electrons. The number of hydrogen-bond acceptors (Lipinski definition) is 3. The Hall–Kier alpha value is -3.15. The number of aromatic amines is 1. The van der Waals surface area contributed by atoms with Crippen molar-refractivity contribution in [2.24, 2.45) is 0 Å². The number of hydrogen-bond donors (Lipinski definition) is 2. The molecule has 1 heterocycles. The zero-order valence-corrected chi connectivity index (χ0v) is 17.4. The highest BCUT2D eigenvalue weighted by Crippen LogP contribution is 2.27. The molecule has 0 saturated carbocycles. The van der Waals surface area contributed by atoms with Gasteiger partial charge >= 0.3 is 0 Å². The van der Waals surface area contributed by atoms with Gasteiger partial charge in [-0.2, -0.15) is 0 Å². The summed E-state index contributed by atoms with van der Waals surface area (Å²) in [5, 5.41) is 3.47. The van der Waals surface area contributed by atoms with Crippen LogP contribution >= 0.6 is 0 Å². The van der Waals surface area contributed by atoms with E-state index in [-0.39, 0.29) is 11.4 Å². The summed E-state index contributed by atoms with van der Waals surface area (Å²) >= 11 is 0. The van der Waals surface area contributed by atoms with Crippen molar-refractivity contribution in [2.45, 2.75) is 39.5 Å². The van der Waals surface area contributed by atoms with Crippen LogP contribution in [0.5, 0.6) is 5.75 Å². The molecule has 0 atom stereocenters. The number of halogens is 1. The lowest BCUT2D eigenvalue weighted by Crippen LogP contribution is -2.31. The molecule has 6 heteroatoms. The number of rotatable bonds is 9. The zero-order valence-electron chi connectivity index (χ0n) is 17.4. The van der Waals surface area contributed by atoms with Crippen molar-refractivity contribution in [3.05, 3.63) is 75.3 Å². The summed E-state index contributed by atoms with van der Waals surface area (Å²) in [4.78, 5) is 27.9. The van der Waals surface area contributed by atoms with Crippen molar-refractivity contribution in [3.63, 3.8) is 0 Å². The molecule has 30 heavy (non-hydrogen) atoms. The maximum Gasteiger partial charge on any atom is 0.261 e. The molecule has 3 aromatic rings. The van der Waals surface area contributed by atoms with Gasteiger partial charge in [0.2, 0.25) is 0 Å². The summed E-state index contributed by atoms with van der Waals surface area (Å²) in [6, 6.07) is 11.6. The minimum Gasteiger partial charge on any atom is -0.491 e. The first-order chi connectivity index (χ1) is 14.5. The van der Waals surface area contributed by atoms with E-state index in [9.17, 15) is 14.0 Å². The molecule has 1 amide bonds. The van der Waals surface area contributed by atoms with Crippen molar-refractivity contribution in [1.29, 1.82) is 0 Å². The lowest BCUT2D eigenvalue weighted by molar-refractivity contribution is 0.0953. The van der Waals surface area contributed by atoms with Crippen molar-refractivity contribution >= 4 is 16.8 Å². The molecular weight excluding hydrogens is 383 g/mol. The van der Waals surface area contributed by atoms with Gasteiger partial charge in [0, 0.05) is 11.9 Å². The second-order valence-corrected chi connectivity index (χ2v) is 7.38. The average molecular weight is 410 g/mol. The maximum absolute atomic E-state index is 13.3. The predicted octanol–water partition coefficient (Wildman–Crippen LogP) is 4.52. The normalized spacial score (nSPS) is 10.9. The minimum atomic E-state index is -0.463. The molecule has 158 valence electrons. The standard InChI is InChI=1S/C24H27FN2O3/c1-3-4-5-13-30-22-16(2)9-10-18-15-20(24(29)27-21(18)22)23(28)26-12-11-17-7-6-8-19(25)14-17/h6-10,14-15H,3-5,11-13H2,1-2H3,(H,26,28)(H,27,29). The smallest absolute Gasteiger partial charge is 0.261 e. The van der Waals surface area contributed by atoms with Gasteiger partial charge in [0.05, 0.1) is 12.1 Å². The number of carbonyl (C=O) groups is 1. The van der Waals surface area contributed by atoms with Gasteiger partial charge in [0.1, 0.15) is 17.1 Å². The number of pyridine rings is 1. The van der Waals surface area contributed by atoms with Gasteiger partial charge in [-0.3, -0.25) is 9.59 Å². The topological polar surface area (TPSA) is 71.2 Å². The summed E-state index contributed by atoms with van der Waals surface area (Å²) in [6.07, 6.45) is 3.61. The fraction of sp³-hybridized carbons (Fsp3) is 0.333. The van der Waals surface area contributed by atoms with Gasteiger partial charge < -0.3 is 15.0 Å². The van der Waals surface area contributed by atoms with Gasteiger partial charge in [-0.05, 0) is 49.1 Å². The molecule has 1 aromatic heterocycles. The lowest BCUT2D eigenvalue weighted by atomic mass is 10.1. The fourth-order valence-corrected chi connectivity index (χ4v) is 3.34. The Balaban J connectivity index is 1.74. The Morgan fingerprint density at radius 3 is 2.77 bits per heavy atom. The molecule has 5 nitrogen and oxygen atoms in total. The van der Waals surface area contributed by atoms with Crippen LogP contribution in [0.3, 0.4) is 0 Å². The average Bonchev–Trinajstić information content (AvgIpc) is 2.72. The van der Waals surface area contributed by atoms with Gasteiger partial charge in [0.25, 0.3) is 11.5 Å². The largest absolute Gasteiger partial charge is 0.491 e. The highest BCUT2D eigenvalue weighted by molar-refractivity contribution is 5.98. The molecule has 2 aromatic carbocycles. The molecule has 0 aliphatic rings. The molecule has 0 saturated heterocycles. The number of benzene rings is 2. The molecule has 0 bridgehead atoms. The van der Waals surface area contributed by atoms with Crippen LogP contribution in [0.4, 0.5) is 4.39 Å². The molecule has 0 aliphatic heterocycles. The number of unbranched alkanes of at least 4 members (excludes halogenated alkanes) is 2. The van der Waals surface area contributed by atoms with Crippen LogP contribution in [0.2, 0.25) is 0 Å². The Bertz CT molecular complexity index is 1090. The Morgan fingerprint density at radius 2 is 2.00 bits per heavy atom. The summed E-state index contributed by atoms with van der Waals surface area (Å²) in [7, 11) is 0. The summed E-state index contributed by atoms with van der Waals surface area (Å²) < 4.78 is 19.2. The van der Waals surface area contributed by atoms with Crippen molar-refractivity contribution < 1.29 is 13.9 Å². The number of aryl methyl sites for hydroxylation is 1. The van der Waals surface area contributed by atoms with E-state index in [2.05, 4.69) is 17.2 Å². The van der Waals surface area contributed by atoms with E-state index in [1.54, 1.807) is 18.2 Å². The van der Waals surface area contributed by atoms with Gasteiger partial charge in [-0.1, -0.05) is 44.0 Å². The Morgan fingerprint density at radius 1 is 1.17 bits per heavy atom. The second kappa shape index (κ2) is 10.1. The van der Waals surface area contributed by atoms with Crippen molar-refractivity contribution in [2.75, 3.05) is 13.2 Å². The maximum atomic E-state index is 13.3. The number of ether oxygens (including phenoxy) is 1. The number of nitrogens with one attached hydrogen (secondary N) is 2. The third-order valence-corrected chi connectivity index (χ3v) is 5.00. The SMILES string of the molecule is CCCCCOc1c(C)ccc2cc(C(=O)NCCc3cccc(F)c3)c(=O)[nH]c12. The molecule has 2 N–H and O–H groups in total. The van der Waals surface area contributed by atoms with Crippen LogP contribution in [-0.4, -0.2) is 24.0 Å². The quantitative estimate of drug-likeness (QED) is 0.510. The van der Waals surface area contributed by atoms with Crippen LogP contribution in [0.15, 0.2) is 47.3 Å². The summed E-state index contributed by atoms with van der Waals surface area (Å²) in [6.45, 7) is 4.95. The minimum absolute atomic E-state index is 0.0440. The number of H-pyrrole nitrogens is 1. The van der Waals surface area contributed by atoms with Crippen LogP contribution < -0.4 is 15.6 Å². The van der Waals surface area contributed by atoms with Gasteiger partial charge in [-0.25, -0.2) is 4.39 Å². The number of amides is 1. The van der Waals surface area contributed by atoms with E-state index in [0.29, 0.717) is 30.8 Å². The first kappa shape index (κ1) is 21.6. The third kappa shape index (κ3) is 5.26. The summed E-state index contributed by atoms with van der Waals surface area (Å²) in [5.41, 5.74) is 1.90. The number of fused-ring (bicyclic) bond motifs is 1. The summed E-state index contributed by atoms with van der Waals surface area (Å²) in [5.74, 6) is -0.118. The zero-order chi connectivity index (χ0) is 21.5. The van der Waals surface area contributed by atoms with Crippen LogP contribution in [-0.2, 0) is 6.42 Å². The monoisotopic (exact) mass is 410 g/mol. The molecule has 0 unspecified atom stereocenters. The van der Waals surface area contributed by atoms with Crippen LogP contribution in [0.1, 0.15) is 47.7 Å². The van der Waals surface area contributed by atoms with Crippen LogP contribution in [0, 0.1) is 12.7 Å². The predicted molar refractivity (Wildman–Crippen MR) is 117 cm³/mol. The van der Waals surface area contributed by atoms with E-state index >= 15 is 0 Å². The van der Waals surface area contributed by atoms with E-state index in [1.807, 2.05) is 19.1 Å². The number of aromatic nitrogens is 1.